The van der Waals surface area contributed by atoms with Crippen molar-refractivity contribution in [3.8, 4) is 0 Å². The fourth-order valence-corrected chi connectivity index (χ4v) is 1.53. The fourth-order valence-electron chi connectivity index (χ4n) is 1.53. The van der Waals surface area contributed by atoms with Crippen LogP contribution in [0, 0.1) is 6.92 Å². The number of nitrogens with one attached hydrogen (secondary N) is 3. The molecule has 0 saturated carbocycles. The Morgan fingerprint density at radius 1 is 1.37 bits per heavy atom. The predicted molar refractivity (Wildman–Crippen MR) is 64.6 cm³/mol. The smallest absolute Gasteiger partial charge is 0.326 e. The number of nitrogens with zero attached hydrogens (tertiary/aromatic N) is 3. The van der Waals surface area contributed by atoms with Crippen LogP contribution in [-0.4, -0.2) is 43.0 Å². The van der Waals surface area contributed by atoms with E-state index in [2.05, 4.69) is 20.2 Å². The minimum absolute atomic E-state index is 0.0801. The van der Waals surface area contributed by atoms with Crippen molar-refractivity contribution in [2.75, 3.05) is 7.05 Å². The fraction of sp³-hybridized carbons (Fsp3) is 0.300. The van der Waals surface area contributed by atoms with Gasteiger partial charge in [-0.2, -0.15) is 5.10 Å². The van der Waals surface area contributed by atoms with Gasteiger partial charge in [-0.25, -0.2) is 9.78 Å². The molecule has 1 amide bonds. The summed E-state index contributed by atoms with van der Waals surface area (Å²) in [5, 5.41) is 6.56. The molecule has 2 rings (SSSR count). The topological polar surface area (TPSA) is 128 Å². The molecule has 100 valence electrons. The molecule has 0 aliphatic carbocycles. The van der Waals surface area contributed by atoms with E-state index in [1.807, 2.05) is 4.98 Å². The molecule has 0 aliphatic heterocycles. The van der Waals surface area contributed by atoms with E-state index in [0.717, 1.165) is 6.07 Å². The Morgan fingerprint density at radius 3 is 2.68 bits per heavy atom. The summed E-state index contributed by atoms with van der Waals surface area (Å²) in [5.41, 5.74) is -1.43. The van der Waals surface area contributed by atoms with Crippen molar-refractivity contribution in [2.24, 2.45) is 0 Å². The normalized spacial score (nSPS) is 10.4. The minimum atomic E-state index is -0.724. The molecule has 9 heteroatoms. The zero-order chi connectivity index (χ0) is 14.0. The van der Waals surface area contributed by atoms with Crippen molar-refractivity contribution < 1.29 is 4.79 Å². The minimum Gasteiger partial charge on any atom is -0.333 e. The highest BCUT2D eigenvalue weighted by Crippen LogP contribution is 2.01. The van der Waals surface area contributed by atoms with Gasteiger partial charge in [-0.05, 0) is 6.92 Å². The summed E-state index contributed by atoms with van der Waals surface area (Å²) in [6.07, 6.45) is 0. The van der Waals surface area contributed by atoms with E-state index in [0.29, 0.717) is 11.6 Å². The van der Waals surface area contributed by atoms with Gasteiger partial charge in [-0.3, -0.25) is 19.7 Å². The standard InChI is InChI=1S/C10H12N6O3/c1-5-11-7(15-14-5)4-16(2)9(18)6-3-8(17)13-10(19)12-6/h3H,4H2,1-2H3,(H,11,14,15)(H2,12,13,17,19). The summed E-state index contributed by atoms with van der Waals surface area (Å²) < 4.78 is 0. The summed E-state index contributed by atoms with van der Waals surface area (Å²) in [6, 6.07) is 1.03. The van der Waals surface area contributed by atoms with E-state index in [4.69, 9.17) is 0 Å². The SMILES string of the molecule is Cc1nc(CN(C)C(=O)c2cc(=O)[nH]c(=O)[nH]2)n[nH]1. The molecule has 0 aromatic carbocycles. The second-order valence-electron chi connectivity index (χ2n) is 4.00. The summed E-state index contributed by atoms with van der Waals surface area (Å²) in [6.45, 7) is 1.91. The summed E-state index contributed by atoms with van der Waals surface area (Å²) >= 11 is 0. The van der Waals surface area contributed by atoms with Crippen LogP contribution in [0.5, 0.6) is 0 Å². The average molecular weight is 264 g/mol. The molecule has 3 N–H and O–H groups in total. The van der Waals surface area contributed by atoms with Crippen LogP contribution in [0.3, 0.4) is 0 Å². The highest BCUT2D eigenvalue weighted by atomic mass is 16.2. The van der Waals surface area contributed by atoms with E-state index in [1.54, 1.807) is 6.92 Å². The maximum Gasteiger partial charge on any atom is 0.326 e. The lowest BCUT2D eigenvalue weighted by Gasteiger charge is -2.14. The lowest BCUT2D eigenvalue weighted by atomic mass is 10.3. The first kappa shape index (κ1) is 12.7. The van der Waals surface area contributed by atoms with Crippen molar-refractivity contribution in [3.05, 3.63) is 44.2 Å². The van der Waals surface area contributed by atoms with E-state index in [9.17, 15) is 14.4 Å². The van der Waals surface area contributed by atoms with Gasteiger partial charge in [0.05, 0.1) is 6.54 Å². The van der Waals surface area contributed by atoms with Crippen molar-refractivity contribution in [3.63, 3.8) is 0 Å². The van der Waals surface area contributed by atoms with Crippen LogP contribution in [0.1, 0.15) is 22.1 Å². The van der Waals surface area contributed by atoms with Crippen molar-refractivity contribution in [2.45, 2.75) is 13.5 Å². The zero-order valence-electron chi connectivity index (χ0n) is 10.4. The maximum atomic E-state index is 12.0. The molecule has 0 radical (unpaired) electrons. The van der Waals surface area contributed by atoms with Gasteiger partial charge in [0, 0.05) is 13.1 Å². The van der Waals surface area contributed by atoms with Crippen molar-refractivity contribution >= 4 is 5.91 Å². The largest absolute Gasteiger partial charge is 0.333 e. The number of aryl methyl sites for hydroxylation is 1. The third kappa shape index (κ3) is 2.94. The van der Waals surface area contributed by atoms with Gasteiger partial charge in [-0.1, -0.05) is 0 Å². The second kappa shape index (κ2) is 4.88. The second-order valence-corrected chi connectivity index (χ2v) is 4.00. The summed E-state index contributed by atoms with van der Waals surface area (Å²) in [7, 11) is 1.52. The molecule has 0 saturated heterocycles. The summed E-state index contributed by atoms with van der Waals surface area (Å²) in [5.74, 6) is 0.589. The number of hydrogen-bond donors (Lipinski definition) is 3. The molecular weight excluding hydrogens is 252 g/mol. The van der Waals surface area contributed by atoms with Gasteiger partial charge in [0.25, 0.3) is 11.5 Å². The Morgan fingerprint density at radius 2 is 2.11 bits per heavy atom. The first-order chi connectivity index (χ1) is 8.95. The number of carbonyl (C=O) groups is 1. The Bertz CT molecular complexity index is 684. The van der Waals surface area contributed by atoms with Crippen LogP contribution >= 0.6 is 0 Å². The zero-order valence-corrected chi connectivity index (χ0v) is 10.4. The third-order valence-electron chi connectivity index (χ3n) is 2.36. The molecule has 2 aromatic heterocycles. The molecule has 0 unspecified atom stereocenters. The van der Waals surface area contributed by atoms with Crippen LogP contribution in [-0.2, 0) is 6.54 Å². The van der Waals surface area contributed by atoms with Gasteiger partial charge in [0.2, 0.25) is 0 Å². The van der Waals surface area contributed by atoms with Gasteiger partial charge in [-0.15, -0.1) is 0 Å². The van der Waals surface area contributed by atoms with E-state index in [-0.39, 0.29) is 12.2 Å². The number of H-pyrrole nitrogens is 3. The van der Waals surface area contributed by atoms with Crippen molar-refractivity contribution in [1.82, 2.24) is 30.0 Å². The third-order valence-corrected chi connectivity index (χ3v) is 2.36. The van der Waals surface area contributed by atoms with Gasteiger partial charge in [0.15, 0.2) is 5.82 Å². The molecule has 2 heterocycles. The van der Waals surface area contributed by atoms with Gasteiger partial charge >= 0.3 is 5.69 Å². The number of carbonyl (C=O) groups excluding carboxylic acids is 1. The number of aromatic nitrogens is 5. The number of hydrogen-bond acceptors (Lipinski definition) is 5. The lowest BCUT2D eigenvalue weighted by Crippen LogP contribution is -2.32. The molecule has 0 fully saturated rings. The van der Waals surface area contributed by atoms with Crippen LogP contribution in [0.2, 0.25) is 0 Å². The Labute approximate surface area is 106 Å². The molecular formula is C10H12N6O3. The van der Waals surface area contributed by atoms with Gasteiger partial charge in [0.1, 0.15) is 11.5 Å². The van der Waals surface area contributed by atoms with Crippen molar-refractivity contribution in [1.29, 1.82) is 0 Å². The number of amides is 1. The molecule has 0 atom stereocenters. The molecule has 2 aromatic rings. The first-order valence-electron chi connectivity index (χ1n) is 5.42. The molecule has 0 aliphatic rings. The molecule has 19 heavy (non-hydrogen) atoms. The summed E-state index contributed by atoms with van der Waals surface area (Å²) in [4.78, 5) is 43.8. The Kier molecular flexibility index (Phi) is 3.27. The van der Waals surface area contributed by atoms with Crippen LogP contribution in [0.25, 0.3) is 0 Å². The lowest BCUT2D eigenvalue weighted by molar-refractivity contribution is 0.0775. The van der Waals surface area contributed by atoms with Crippen LogP contribution in [0.15, 0.2) is 15.7 Å². The van der Waals surface area contributed by atoms with E-state index < -0.39 is 17.2 Å². The maximum absolute atomic E-state index is 12.0. The Hall–Kier alpha value is -2.71. The molecule has 0 bridgehead atoms. The Balaban J connectivity index is 2.19. The van der Waals surface area contributed by atoms with Crippen LogP contribution in [0.4, 0.5) is 0 Å². The number of aromatic amines is 3. The average Bonchev–Trinajstić information content (AvgIpc) is 2.72. The van der Waals surface area contributed by atoms with E-state index >= 15 is 0 Å². The monoisotopic (exact) mass is 264 g/mol. The highest BCUT2D eigenvalue weighted by Gasteiger charge is 2.15. The quantitative estimate of drug-likeness (QED) is 0.639. The van der Waals surface area contributed by atoms with E-state index in [1.165, 1.54) is 11.9 Å². The predicted octanol–water partition coefficient (Wildman–Crippen LogP) is -1.24. The van der Waals surface area contributed by atoms with Crippen LogP contribution < -0.4 is 11.2 Å². The number of rotatable bonds is 3. The molecule has 0 spiro atoms. The first-order valence-corrected chi connectivity index (χ1v) is 5.42. The van der Waals surface area contributed by atoms with Gasteiger partial charge < -0.3 is 9.88 Å². The molecule has 9 nitrogen and oxygen atoms in total. The highest BCUT2D eigenvalue weighted by molar-refractivity contribution is 5.91.